The normalized spacial score (nSPS) is 15.4. The number of likely N-dealkylation sites (tertiary alicyclic amines) is 1. The Labute approximate surface area is 160 Å². The van der Waals surface area contributed by atoms with E-state index in [-0.39, 0.29) is 11.9 Å². The SMILES string of the molecule is O=C(Nc1cccc(Cl)c1)N1CCC(c2nc3cc(Cl)ccc3o2)CC1. The maximum absolute atomic E-state index is 12.4. The van der Waals surface area contributed by atoms with Gasteiger partial charge in [-0.3, -0.25) is 0 Å². The molecule has 5 nitrogen and oxygen atoms in total. The van der Waals surface area contributed by atoms with E-state index in [0.717, 1.165) is 29.8 Å². The number of amides is 2. The molecule has 1 fully saturated rings. The van der Waals surface area contributed by atoms with E-state index < -0.39 is 0 Å². The summed E-state index contributed by atoms with van der Waals surface area (Å²) in [6.07, 6.45) is 1.62. The Morgan fingerprint density at radius 3 is 2.65 bits per heavy atom. The van der Waals surface area contributed by atoms with Gasteiger partial charge in [0.25, 0.3) is 0 Å². The van der Waals surface area contributed by atoms with Gasteiger partial charge in [-0.1, -0.05) is 29.3 Å². The predicted molar refractivity (Wildman–Crippen MR) is 103 cm³/mol. The molecular weight excluding hydrogens is 373 g/mol. The van der Waals surface area contributed by atoms with Crippen LogP contribution in [-0.4, -0.2) is 29.0 Å². The van der Waals surface area contributed by atoms with Crippen molar-refractivity contribution in [2.75, 3.05) is 18.4 Å². The number of hydrogen-bond donors (Lipinski definition) is 1. The number of hydrogen-bond acceptors (Lipinski definition) is 3. The number of anilines is 1. The van der Waals surface area contributed by atoms with Gasteiger partial charge in [-0.2, -0.15) is 0 Å². The van der Waals surface area contributed by atoms with Crippen molar-refractivity contribution < 1.29 is 9.21 Å². The van der Waals surface area contributed by atoms with Crippen LogP contribution in [-0.2, 0) is 0 Å². The second kappa shape index (κ2) is 7.17. The number of oxazole rings is 1. The van der Waals surface area contributed by atoms with E-state index in [1.165, 1.54) is 0 Å². The molecule has 3 aromatic rings. The highest BCUT2D eigenvalue weighted by Crippen LogP contribution is 2.31. The highest BCUT2D eigenvalue weighted by molar-refractivity contribution is 6.31. The van der Waals surface area contributed by atoms with Crippen LogP contribution in [0.5, 0.6) is 0 Å². The third-order valence-corrected chi connectivity index (χ3v) is 5.04. The van der Waals surface area contributed by atoms with Crippen LogP contribution in [0.1, 0.15) is 24.7 Å². The van der Waals surface area contributed by atoms with Gasteiger partial charge in [-0.05, 0) is 49.2 Å². The minimum atomic E-state index is -0.116. The topological polar surface area (TPSA) is 58.4 Å². The molecule has 2 amide bonds. The second-order valence-corrected chi connectivity index (χ2v) is 7.24. The van der Waals surface area contributed by atoms with Crippen molar-refractivity contribution >= 4 is 46.0 Å². The van der Waals surface area contributed by atoms with Crippen molar-refractivity contribution in [3.63, 3.8) is 0 Å². The Kier molecular flexibility index (Phi) is 4.74. The number of aromatic nitrogens is 1. The summed E-state index contributed by atoms with van der Waals surface area (Å²) in [5.74, 6) is 0.925. The lowest BCUT2D eigenvalue weighted by Crippen LogP contribution is -2.40. The Hall–Kier alpha value is -2.24. The van der Waals surface area contributed by atoms with E-state index in [0.29, 0.717) is 28.8 Å². The highest BCUT2D eigenvalue weighted by Gasteiger charge is 2.27. The Balaban J connectivity index is 1.39. The van der Waals surface area contributed by atoms with Gasteiger partial charge in [0.1, 0.15) is 5.52 Å². The Morgan fingerprint density at radius 2 is 1.88 bits per heavy atom. The number of fused-ring (bicyclic) bond motifs is 1. The van der Waals surface area contributed by atoms with Gasteiger partial charge in [0.15, 0.2) is 11.5 Å². The third kappa shape index (κ3) is 3.64. The van der Waals surface area contributed by atoms with Crippen LogP contribution in [0.3, 0.4) is 0 Å². The first-order chi connectivity index (χ1) is 12.6. The monoisotopic (exact) mass is 389 g/mol. The fraction of sp³-hybridized carbons (Fsp3) is 0.263. The molecule has 0 spiro atoms. The standard InChI is InChI=1S/C19H17Cl2N3O2/c20-13-2-1-3-15(10-13)22-19(25)24-8-6-12(7-9-24)18-23-16-11-14(21)4-5-17(16)26-18/h1-5,10-12H,6-9H2,(H,22,25). The number of rotatable bonds is 2. The van der Waals surface area contributed by atoms with Crippen LogP contribution in [0.2, 0.25) is 10.0 Å². The number of halogens is 2. The van der Waals surface area contributed by atoms with E-state index in [9.17, 15) is 4.79 Å². The molecular formula is C19H17Cl2N3O2. The first-order valence-electron chi connectivity index (χ1n) is 8.46. The molecule has 0 saturated carbocycles. The Bertz CT molecular complexity index is 949. The first-order valence-corrected chi connectivity index (χ1v) is 9.21. The van der Waals surface area contributed by atoms with E-state index in [1.807, 2.05) is 18.2 Å². The molecule has 134 valence electrons. The van der Waals surface area contributed by atoms with Crippen molar-refractivity contribution in [2.24, 2.45) is 0 Å². The third-order valence-electron chi connectivity index (χ3n) is 4.57. The molecule has 0 radical (unpaired) electrons. The van der Waals surface area contributed by atoms with Crippen LogP contribution in [0.4, 0.5) is 10.5 Å². The highest BCUT2D eigenvalue weighted by atomic mass is 35.5. The van der Waals surface area contributed by atoms with E-state index in [1.54, 1.807) is 29.2 Å². The summed E-state index contributed by atoms with van der Waals surface area (Å²) >= 11 is 12.0. The zero-order valence-corrected chi connectivity index (χ0v) is 15.4. The maximum atomic E-state index is 12.4. The molecule has 1 aliphatic rings. The summed E-state index contributed by atoms with van der Waals surface area (Å²) in [4.78, 5) is 18.8. The van der Waals surface area contributed by atoms with Crippen LogP contribution >= 0.6 is 23.2 Å². The molecule has 1 aliphatic heterocycles. The van der Waals surface area contributed by atoms with Crippen LogP contribution in [0.15, 0.2) is 46.9 Å². The lowest BCUT2D eigenvalue weighted by molar-refractivity contribution is 0.190. The molecule has 0 unspecified atom stereocenters. The molecule has 0 bridgehead atoms. The van der Waals surface area contributed by atoms with Gasteiger partial charge < -0.3 is 14.6 Å². The van der Waals surface area contributed by atoms with Gasteiger partial charge in [0.05, 0.1) is 0 Å². The fourth-order valence-corrected chi connectivity index (χ4v) is 3.55. The second-order valence-electron chi connectivity index (χ2n) is 6.37. The number of benzene rings is 2. The minimum Gasteiger partial charge on any atom is -0.440 e. The maximum Gasteiger partial charge on any atom is 0.321 e. The molecule has 2 aromatic carbocycles. The summed E-state index contributed by atoms with van der Waals surface area (Å²) in [5, 5.41) is 4.12. The number of piperidine rings is 1. The van der Waals surface area contributed by atoms with Crippen LogP contribution < -0.4 is 5.32 Å². The van der Waals surface area contributed by atoms with Gasteiger partial charge in [-0.15, -0.1) is 0 Å². The van der Waals surface area contributed by atoms with Gasteiger partial charge >= 0.3 is 6.03 Å². The summed E-state index contributed by atoms with van der Waals surface area (Å²) in [6.45, 7) is 1.30. The number of nitrogens with one attached hydrogen (secondary N) is 1. The number of carbonyl (C=O) groups is 1. The molecule has 1 saturated heterocycles. The summed E-state index contributed by atoms with van der Waals surface area (Å²) in [5.41, 5.74) is 2.21. The minimum absolute atomic E-state index is 0.116. The molecule has 26 heavy (non-hydrogen) atoms. The van der Waals surface area contributed by atoms with Crippen molar-refractivity contribution in [2.45, 2.75) is 18.8 Å². The van der Waals surface area contributed by atoms with E-state index in [2.05, 4.69) is 10.3 Å². The molecule has 4 rings (SSSR count). The van der Waals surface area contributed by atoms with Crippen molar-refractivity contribution in [1.29, 1.82) is 0 Å². The number of carbonyl (C=O) groups excluding carboxylic acids is 1. The predicted octanol–water partition coefficient (Wildman–Crippen LogP) is 5.55. The van der Waals surface area contributed by atoms with E-state index >= 15 is 0 Å². The van der Waals surface area contributed by atoms with E-state index in [4.69, 9.17) is 27.6 Å². The average Bonchev–Trinajstić information content (AvgIpc) is 3.05. The van der Waals surface area contributed by atoms with Gasteiger partial charge in [-0.25, -0.2) is 9.78 Å². The smallest absolute Gasteiger partial charge is 0.321 e. The average molecular weight is 390 g/mol. The lowest BCUT2D eigenvalue weighted by Gasteiger charge is -2.30. The summed E-state index contributed by atoms with van der Waals surface area (Å²) in [7, 11) is 0. The van der Waals surface area contributed by atoms with Gasteiger partial charge in [0.2, 0.25) is 0 Å². The molecule has 1 N–H and O–H groups in total. The van der Waals surface area contributed by atoms with Crippen molar-refractivity contribution in [1.82, 2.24) is 9.88 Å². The summed E-state index contributed by atoms with van der Waals surface area (Å²) in [6, 6.07) is 12.5. The largest absolute Gasteiger partial charge is 0.440 e. The molecule has 7 heteroatoms. The number of urea groups is 1. The van der Waals surface area contributed by atoms with Gasteiger partial charge in [0, 0.05) is 34.7 Å². The summed E-state index contributed by atoms with van der Waals surface area (Å²) < 4.78 is 5.86. The quantitative estimate of drug-likeness (QED) is 0.625. The van der Waals surface area contributed by atoms with Crippen LogP contribution in [0, 0.1) is 0 Å². The Morgan fingerprint density at radius 1 is 1.12 bits per heavy atom. The lowest BCUT2D eigenvalue weighted by atomic mass is 9.97. The zero-order chi connectivity index (χ0) is 18.1. The molecule has 1 aromatic heterocycles. The molecule has 2 heterocycles. The molecule has 0 atom stereocenters. The molecule has 0 aliphatic carbocycles. The number of nitrogens with zero attached hydrogens (tertiary/aromatic N) is 2. The zero-order valence-electron chi connectivity index (χ0n) is 13.9. The first kappa shape index (κ1) is 17.2. The van der Waals surface area contributed by atoms with Crippen molar-refractivity contribution in [3.05, 3.63) is 58.4 Å². The van der Waals surface area contributed by atoms with Crippen LogP contribution in [0.25, 0.3) is 11.1 Å². The van der Waals surface area contributed by atoms with Crippen molar-refractivity contribution in [3.8, 4) is 0 Å². The fourth-order valence-electron chi connectivity index (χ4n) is 3.19.